The summed E-state index contributed by atoms with van der Waals surface area (Å²) in [7, 11) is 1.50. The van der Waals surface area contributed by atoms with E-state index in [-0.39, 0.29) is 6.01 Å². The predicted octanol–water partition coefficient (Wildman–Crippen LogP) is 1.47. The molecular formula is C9H10ClN5O. The van der Waals surface area contributed by atoms with Crippen molar-refractivity contribution >= 4 is 17.4 Å². The largest absolute Gasteiger partial charge is 0.467 e. The van der Waals surface area contributed by atoms with Crippen molar-refractivity contribution in [2.24, 2.45) is 0 Å². The van der Waals surface area contributed by atoms with Crippen molar-refractivity contribution < 1.29 is 4.74 Å². The topological polar surface area (TPSA) is 75.7 Å². The Hall–Kier alpha value is -1.82. The minimum Gasteiger partial charge on any atom is -0.467 e. The van der Waals surface area contributed by atoms with Gasteiger partial charge in [0, 0.05) is 6.20 Å². The number of H-pyrrole nitrogens is 1. The molecule has 2 aromatic rings. The lowest BCUT2D eigenvalue weighted by atomic mass is 10.4. The summed E-state index contributed by atoms with van der Waals surface area (Å²) in [6.45, 7) is 0.555. The third kappa shape index (κ3) is 2.40. The number of halogens is 1. The lowest BCUT2D eigenvalue weighted by Crippen LogP contribution is -2.04. The Bertz CT molecular complexity index is 459. The van der Waals surface area contributed by atoms with Gasteiger partial charge in [0.05, 0.1) is 25.5 Å². The Balaban J connectivity index is 2.08. The molecule has 2 aromatic heterocycles. The van der Waals surface area contributed by atoms with E-state index in [0.717, 1.165) is 5.69 Å². The standard InChI is InChI=1S/C9H10ClN5O/c1-16-9-12-5-7(10)8(14-9)11-4-6-2-3-13-15-6/h2-3,5H,4H2,1H3,(H,13,15)(H,11,12,14). The molecule has 0 spiro atoms. The Labute approximate surface area is 97.0 Å². The van der Waals surface area contributed by atoms with E-state index in [2.05, 4.69) is 25.5 Å². The molecule has 0 aliphatic carbocycles. The second-order valence-corrected chi connectivity index (χ2v) is 3.40. The molecule has 7 heteroatoms. The first-order valence-corrected chi connectivity index (χ1v) is 4.96. The second kappa shape index (κ2) is 4.80. The van der Waals surface area contributed by atoms with Gasteiger partial charge in [-0.15, -0.1) is 0 Å². The van der Waals surface area contributed by atoms with Crippen LogP contribution in [0.15, 0.2) is 18.5 Å². The highest BCUT2D eigenvalue weighted by molar-refractivity contribution is 6.32. The lowest BCUT2D eigenvalue weighted by Gasteiger charge is -2.06. The van der Waals surface area contributed by atoms with E-state index >= 15 is 0 Å². The van der Waals surface area contributed by atoms with Crippen molar-refractivity contribution in [2.75, 3.05) is 12.4 Å². The zero-order chi connectivity index (χ0) is 11.4. The Morgan fingerprint density at radius 3 is 3.12 bits per heavy atom. The maximum atomic E-state index is 5.92. The first kappa shape index (κ1) is 10.7. The van der Waals surface area contributed by atoms with Crippen molar-refractivity contribution in [3.8, 4) is 6.01 Å². The van der Waals surface area contributed by atoms with Crippen molar-refractivity contribution in [3.05, 3.63) is 29.2 Å². The molecule has 0 unspecified atom stereocenters. The number of hydrogen-bond acceptors (Lipinski definition) is 5. The molecule has 6 nitrogen and oxygen atoms in total. The summed E-state index contributed by atoms with van der Waals surface area (Å²) < 4.78 is 4.91. The smallest absolute Gasteiger partial charge is 0.318 e. The van der Waals surface area contributed by atoms with Gasteiger partial charge in [0.15, 0.2) is 5.82 Å². The number of nitrogens with zero attached hydrogens (tertiary/aromatic N) is 3. The number of methoxy groups -OCH3 is 1. The van der Waals surface area contributed by atoms with Crippen molar-refractivity contribution in [2.45, 2.75) is 6.54 Å². The van der Waals surface area contributed by atoms with Crippen LogP contribution in [0.4, 0.5) is 5.82 Å². The molecule has 0 aromatic carbocycles. The van der Waals surface area contributed by atoms with E-state index in [1.807, 2.05) is 6.07 Å². The number of nitrogens with one attached hydrogen (secondary N) is 2. The zero-order valence-electron chi connectivity index (χ0n) is 8.57. The molecule has 2 N–H and O–H groups in total. The number of hydrogen-bond donors (Lipinski definition) is 2. The Morgan fingerprint density at radius 2 is 2.44 bits per heavy atom. The highest BCUT2D eigenvalue weighted by Gasteiger charge is 2.05. The van der Waals surface area contributed by atoms with Crippen LogP contribution in [0.5, 0.6) is 6.01 Å². The molecule has 0 aliphatic rings. The molecule has 16 heavy (non-hydrogen) atoms. The van der Waals surface area contributed by atoms with Crippen LogP contribution in [0.1, 0.15) is 5.69 Å². The number of rotatable bonds is 4. The van der Waals surface area contributed by atoms with E-state index < -0.39 is 0 Å². The molecular weight excluding hydrogens is 230 g/mol. The van der Waals surface area contributed by atoms with E-state index in [0.29, 0.717) is 17.4 Å². The highest BCUT2D eigenvalue weighted by Crippen LogP contribution is 2.20. The minimum absolute atomic E-state index is 0.275. The van der Waals surface area contributed by atoms with Gasteiger partial charge in [-0.3, -0.25) is 5.10 Å². The van der Waals surface area contributed by atoms with Gasteiger partial charge in [0.1, 0.15) is 5.02 Å². The summed E-state index contributed by atoms with van der Waals surface area (Å²) in [6, 6.07) is 2.13. The van der Waals surface area contributed by atoms with Gasteiger partial charge in [-0.25, -0.2) is 4.98 Å². The number of aromatic amines is 1. The molecule has 0 amide bonds. The lowest BCUT2D eigenvalue weighted by molar-refractivity contribution is 0.380. The van der Waals surface area contributed by atoms with Crippen LogP contribution in [0.3, 0.4) is 0 Å². The van der Waals surface area contributed by atoms with Crippen molar-refractivity contribution in [3.63, 3.8) is 0 Å². The van der Waals surface area contributed by atoms with Gasteiger partial charge in [-0.05, 0) is 6.07 Å². The molecule has 0 bridgehead atoms. The zero-order valence-corrected chi connectivity index (χ0v) is 9.32. The van der Waals surface area contributed by atoms with Gasteiger partial charge in [0.2, 0.25) is 0 Å². The van der Waals surface area contributed by atoms with Crippen LogP contribution in [0, 0.1) is 0 Å². The van der Waals surface area contributed by atoms with Crippen molar-refractivity contribution in [1.29, 1.82) is 0 Å². The fourth-order valence-electron chi connectivity index (χ4n) is 1.14. The maximum Gasteiger partial charge on any atom is 0.318 e. The van der Waals surface area contributed by atoms with Crippen LogP contribution >= 0.6 is 11.6 Å². The third-order valence-electron chi connectivity index (χ3n) is 1.91. The summed E-state index contributed by atoms with van der Waals surface area (Å²) in [5.41, 5.74) is 0.939. The van der Waals surface area contributed by atoms with Crippen LogP contribution in [0.25, 0.3) is 0 Å². The fraction of sp³-hybridized carbons (Fsp3) is 0.222. The molecule has 0 saturated carbocycles. The van der Waals surface area contributed by atoms with Gasteiger partial charge in [0.25, 0.3) is 0 Å². The van der Waals surface area contributed by atoms with Crippen LogP contribution in [-0.4, -0.2) is 27.3 Å². The van der Waals surface area contributed by atoms with Crippen LogP contribution < -0.4 is 10.1 Å². The average molecular weight is 240 g/mol. The molecule has 0 fully saturated rings. The third-order valence-corrected chi connectivity index (χ3v) is 2.19. The first-order chi connectivity index (χ1) is 7.79. The summed E-state index contributed by atoms with van der Waals surface area (Å²) in [5, 5.41) is 10.2. The van der Waals surface area contributed by atoms with Gasteiger partial charge < -0.3 is 10.1 Å². The average Bonchev–Trinajstić information content (AvgIpc) is 2.81. The van der Waals surface area contributed by atoms with E-state index in [4.69, 9.17) is 16.3 Å². The molecule has 0 atom stereocenters. The quantitative estimate of drug-likeness (QED) is 0.845. The fourth-order valence-corrected chi connectivity index (χ4v) is 1.29. The van der Waals surface area contributed by atoms with E-state index in [9.17, 15) is 0 Å². The number of ether oxygens (including phenoxy) is 1. The molecule has 84 valence electrons. The molecule has 0 radical (unpaired) electrons. The Kier molecular flexibility index (Phi) is 3.21. The van der Waals surface area contributed by atoms with Crippen LogP contribution in [-0.2, 0) is 6.54 Å². The monoisotopic (exact) mass is 239 g/mol. The molecule has 0 aliphatic heterocycles. The summed E-state index contributed by atoms with van der Waals surface area (Å²) in [6.07, 6.45) is 3.17. The first-order valence-electron chi connectivity index (χ1n) is 4.58. The second-order valence-electron chi connectivity index (χ2n) is 2.99. The highest BCUT2D eigenvalue weighted by atomic mass is 35.5. The van der Waals surface area contributed by atoms with E-state index in [1.165, 1.54) is 13.3 Å². The molecule has 2 heterocycles. The predicted molar refractivity (Wildman–Crippen MR) is 59.5 cm³/mol. The normalized spacial score (nSPS) is 10.1. The SMILES string of the molecule is COc1ncc(Cl)c(NCc2ccn[nH]2)n1. The molecule has 2 rings (SSSR count). The summed E-state index contributed by atoms with van der Waals surface area (Å²) in [5.74, 6) is 0.531. The van der Waals surface area contributed by atoms with E-state index in [1.54, 1.807) is 6.20 Å². The maximum absolute atomic E-state index is 5.92. The Morgan fingerprint density at radius 1 is 1.56 bits per heavy atom. The minimum atomic E-state index is 0.275. The summed E-state index contributed by atoms with van der Waals surface area (Å²) >= 11 is 5.92. The van der Waals surface area contributed by atoms with Crippen LogP contribution in [0.2, 0.25) is 5.02 Å². The van der Waals surface area contributed by atoms with Gasteiger partial charge >= 0.3 is 6.01 Å². The van der Waals surface area contributed by atoms with Crippen molar-refractivity contribution in [1.82, 2.24) is 20.2 Å². The van der Waals surface area contributed by atoms with Gasteiger partial charge in [-0.2, -0.15) is 10.1 Å². The summed E-state index contributed by atoms with van der Waals surface area (Å²) in [4.78, 5) is 7.96. The van der Waals surface area contributed by atoms with Gasteiger partial charge in [-0.1, -0.05) is 11.6 Å². The number of aromatic nitrogens is 4. The molecule has 0 saturated heterocycles. The number of anilines is 1.